The minimum Gasteiger partial charge on any atom is -0.378 e. The zero-order valence-corrected chi connectivity index (χ0v) is 12.5. The summed E-state index contributed by atoms with van der Waals surface area (Å²) >= 11 is 0. The van der Waals surface area contributed by atoms with E-state index in [-0.39, 0.29) is 34.1 Å². The Morgan fingerprint density at radius 2 is 2.00 bits per heavy atom. The zero-order chi connectivity index (χ0) is 15.5. The lowest BCUT2D eigenvalue weighted by Gasteiger charge is -2.06. The molecule has 0 aliphatic rings. The Balaban J connectivity index is 2.33. The number of aromatic nitrogens is 2. The van der Waals surface area contributed by atoms with Crippen LogP contribution in [0.2, 0.25) is 0 Å². The Morgan fingerprint density at radius 1 is 1.33 bits per heavy atom. The molecule has 0 fully saturated rings. The predicted molar refractivity (Wildman–Crippen MR) is 74.0 cm³/mol. The number of hydrogen-bond donors (Lipinski definition) is 0. The van der Waals surface area contributed by atoms with Crippen molar-refractivity contribution in [3.63, 3.8) is 0 Å². The fraction of sp³-hybridized carbons (Fsp3) is 0.385. The van der Waals surface area contributed by atoms with Crippen molar-refractivity contribution in [1.29, 1.82) is 0 Å². The van der Waals surface area contributed by atoms with Crippen molar-refractivity contribution < 1.29 is 22.7 Å². The average molecular weight is 312 g/mol. The Morgan fingerprint density at radius 3 is 2.62 bits per heavy atom. The first-order chi connectivity index (χ1) is 9.92. The van der Waals surface area contributed by atoms with E-state index in [9.17, 15) is 13.6 Å². The van der Waals surface area contributed by atoms with Gasteiger partial charge in [-0.15, -0.1) is 0 Å². The van der Waals surface area contributed by atoms with Gasteiger partial charge in [0.15, 0.2) is 0 Å². The summed E-state index contributed by atoms with van der Waals surface area (Å²) in [6, 6.07) is 8.38. The molecule has 2 rings (SSSR count). The molecule has 0 bridgehead atoms. The summed E-state index contributed by atoms with van der Waals surface area (Å²) in [5, 5.41) is 14.7. The van der Waals surface area contributed by atoms with Gasteiger partial charge in [0.05, 0.1) is 23.6 Å². The van der Waals surface area contributed by atoms with Gasteiger partial charge in [0.25, 0.3) is 0 Å². The highest BCUT2D eigenvalue weighted by atomic mass is 32.2. The monoisotopic (exact) mass is 312 g/mol. The number of rotatable bonds is 6. The molecule has 0 N–H and O–H groups in total. The van der Waals surface area contributed by atoms with Gasteiger partial charge in [0.2, 0.25) is 15.5 Å². The van der Waals surface area contributed by atoms with E-state index in [1.54, 1.807) is 30.3 Å². The summed E-state index contributed by atoms with van der Waals surface area (Å²) in [5.41, 5.74) is 0.317. The minimum absolute atomic E-state index is 0.0277. The van der Waals surface area contributed by atoms with Gasteiger partial charge >= 0.3 is 5.03 Å². The fourth-order valence-electron chi connectivity index (χ4n) is 1.76. The molecule has 0 amide bonds. The van der Waals surface area contributed by atoms with Crippen LogP contribution in [-0.2, 0) is 14.6 Å². The second-order valence-corrected chi connectivity index (χ2v) is 6.71. The molecule has 0 unspecified atom stereocenters. The molecule has 1 aromatic carbocycles. The van der Waals surface area contributed by atoms with Gasteiger partial charge in [-0.3, -0.25) is 4.63 Å². The largest absolute Gasteiger partial charge is 0.378 e. The van der Waals surface area contributed by atoms with Gasteiger partial charge in [0.1, 0.15) is 0 Å². The highest BCUT2D eigenvalue weighted by molar-refractivity contribution is 7.91. The van der Waals surface area contributed by atoms with Gasteiger partial charge < -0.3 is 9.94 Å². The van der Waals surface area contributed by atoms with Crippen molar-refractivity contribution in [3.05, 3.63) is 35.5 Å². The number of benzene rings is 1. The molecule has 0 radical (unpaired) electrons. The highest BCUT2D eigenvalue weighted by Crippen LogP contribution is 2.23. The standard InChI is InChI=1S/C13H16N2O5S/c1-10(2)19-8-9-21(17,18)13-12(15(16)20-14-13)11-6-4-3-5-7-11/h3-7,10H,8-9H2,1-2H3. The van der Waals surface area contributed by atoms with E-state index in [2.05, 4.69) is 9.79 Å². The lowest BCUT2D eigenvalue weighted by atomic mass is 10.2. The minimum atomic E-state index is -3.76. The van der Waals surface area contributed by atoms with Gasteiger partial charge in [-0.05, 0) is 18.8 Å². The Bertz CT molecular complexity index is 695. The summed E-state index contributed by atoms with van der Waals surface area (Å²) in [7, 11) is -3.76. The van der Waals surface area contributed by atoms with Crippen LogP contribution in [0.1, 0.15) is 13.8 Å². The Hall–Kier alpha value is -1.93. The number of nitrogens with zero attached hydrogens (tertiary/aromatic N) is 2. The summed E-state index contributed by atoms with van der Waals surface area (Å²) < 4.78 is 34.2. The first-order valence-corrected chi connectivity index (χ1v) is 8.06. The number of sulfone groups is 1. The molecular weight excluding hydrogens is 296 g/mol. The molecule has 114 valence electrons. The molecular formula is C13H16N2O5S. The van der Waals surface area contributed by atoms with Crippen LogP contribution in [0.25, 0.3) is 11.3 Å². The number of ether oxygens (including phenoxy) is 1. The van der Waals surface area contributed by atoms with Crippen molar-refractivity contribution >= 4 is 9.84 Å². The van der Waals surface area contributed by atoms with Crippen LogP contribution >= 0.6 is 0 Å². The maximum absolute atomic E-state index is 12.3. The summed E-state index contributed by atoms with van der Waals surface area (Å²) in [6.07, 6.45) is -0.0736. The summed E-state index contributed by atoms with van der Waals surface area (Å²) in [6.45, 7) is 3.65. The van der Waals surface area contributed by atoms with Crippen molar-refractivity contribution in [2.45, 2.75) is 25.0 Å². The van der Waals surface area contributed by atoms with Gasteiger partial charge in [-0.25, -0.2) is 8.42 Å². The van der Waals surface area contributed by atoms with Crippen LogP contribution in [0.15, 0.2) is 40.0 Å². The second kappa shape index (κ2) is 6.23. The van der Waals surface area contributed by atoms with E-state index in [4.69, 9.17) is 4.74 Å². The molecule has 0 saturated carbocycles. The third-order valence-corrected chi connectivity index (χ3v) is 4.29. The molecule has 7 nitrogen and oxygen atoms in total. The normalized spacial score (nSPS) is 12.0. The highest BCUT2D eigenvalue weighted by Gasteiger charge is 2.32. The molecule has 1 heterocycles. The maximum atomic E-state index is 12.3. The zero-order valence-electron chi connectivity index (χ0n) is 11.7. The molecule has 0 aliphatic carbocycles. The third kappa shape index (κ3) is 3.59. The molecule has 0 saturated heterocycles. The first-order valence-electron chi connectivity index (χ1n) is 6.41. The smallest absolute Gasteiger partial charge is 0.339 e. The van der Waals surface area contributed by atoms with E-state index in [1.165, 1.54) is 0 Å². The lowest BCUT2D eigenvalue weighted by Crippen LogP contribution is -2.26. The first kappa shape index (κ1) is 15.5. The molecule has 21 heavy (non-hydrogen) atoms. The van der Waals surface area contributed by atoms with Gasteiger partial charge in [0, 0.05) is 5.56 Å². The fourth-order valence-corrected chi connectivity index (χ4v) is 2.90. The molecule has 2 aromatic rings. The van der Waals surface area contributed by atoms with E-state index >= 15 is 0 Å². The Labute approximate surface area is 122 Å². The van der Waals surface area contributed by atoms with Crippen LogP contribution in [-0.4, -0.2) is 32.0 Å². The second-order valence-electron chi connectivity index (χ2n) is 4.69. The third-order valence-electron chi connectivity index (χ3n) is 2.73. The van der Waals surface area contributed by atoms with Crippen LogP contribution in [0.5, 0.6) is 0 Å². The van der Waals surface area contributed by atoms with Gasteiger partial charge in [-0.2, -0.15) is 0 Å². The van der Waals surface area contributed by atoms with E-state index in [1.807, 2.05) is 13.8 Å². The average Bonchev–Trinajstić information content (AvgIpc) is 2.82. The molecule has 0 aliphatic heterocycles. The van der Waals surface area contributed by atoms with Crippen molar-refractivity contribution in [3.8, 4) is 11.3 Å². The lowest BCUT2D eigenvalue weighted by molar-refractivity contribution is -0.793. The maximum Gasteiger partial charge on any atom is 0.339 e. The van der Waals surface area contributed by atoms with Crippen LogP contribution < -0.4 is 4.90 Å². The molecule has 1 aromatic heterocycles. The molecule has 0 atom stereocenters. The van der Waals surface area contributed by atoms with E-state index < -0.39 is 9.84 Å². The van der Waals surface area contributed by atoms with Crippen molar-refractivity contribution in [1.82, 2.24) is 5.16 Å². The summed E-state index contributed by atoms with van der Waals surface area (Å²) in [5.74, 6) is -0.266. The summed E-state index contributed by atoms with van der Waals surface area (Å²) in [4.78, 5) is 0.103. The van der Waals surface area contributed by atoms with Crippen molar-refractivity contribution in [2.24, 2.45) is 0 Å². The van der Waals surface area contributed by atoms with Gasteiger partial charge in [-0.1, -0.05) is 30.3 Å². The molecule has 0 spiro atoms. The van der Waals surface area contributed by atoms with Crippen LogP contribution in [0.4, 0.5) is 0 Å². The van der Waals surface area contributed by atoms with E-state index in [0.717, 1.165) is 0 Å². The van der Waals surface area contributed by atoms with Crippen LogP contribution in [0, 0.1) is 5.21 Å². The Kier molecular flexibility index (Phi) is 4.59. The topological polar surface area (TPSA) is 96.3 Å². The quantitative estimate of drug-likeness (QED) is 0.743. The van der Waals surface area contributed by atoms with E-state index in [0.29, 0.717) is 5.56 Å². The SMILES string of the molecule is CC(C)OCCS(=O)(=O)c1no[n+]([O-])c1-c1ccccc1. The molecule has 8 heteroatoms. The van der Waals surface area contributed by atoms with Crippen molar-refractivity contribution in [2.75, 3.05) is 12.4 Å². The predicted octanol–water partition coefficient (Wildman–Crippen LogP) is 1.17. The number of hydrogen-bond acceptors (Lipinski definition) is 6. The van der Waals surface area contributed by atoms with Crippen LogP contribution in [0.3, 0.4) is 0 Å².